The summed E-state index contributed by atoms with van der Waals surface area (Å²) in [6.07, 6.45) is 0. The molecule has 0 atom stereocenters. The smallest absolute Gasteiger partial charge is 0.267 e. The van der Waals surface area contributed by atoms with Gasteiger partial charge in [-0.1, -0.05) is 5.16 Å². The maximum absolute atomic E-state index is 12.0. The topological polar surface area (TPSA) is 111 Å². The van der Waals surface area contributed by atoms with E-state index >= 15 is 0 Å². The molecule has 2 aromatic rings. The molecule has 2 N–H and O–H groups in total. The summed E-state index contributed by atoms with van der Waals surface area (Å²) < 4.78 is 36.0. The number of aryl methyl sites for hydroxylation is 1. The van der Waals surface area contributed by atoms with Gasteiger partial charge in [0.2, 0.25) is 10.0 Å². The minimum Gasteiger partial charge on any atom is -0.383 e. The Morgan fingerprint density at radius 3 is 2.86 bits per heavy atom. The first-order valence-electron chi connectivity index (χ1n) is 6.24. The van der Waals surface area contributed by atoms with Gasteiger partial charge in [0.05, 0.1) is 16.4 Å². The molecular weight excluding hydrogens is 330 g/mol. The Hall–Kier alpha value is -1.75. The molecule has 0 aliphatic rings. The summed E-state index contributed by atoms with van der Waals surface area (Å²) in [5.41, 5.74) is 0. The average molecular weight is 345 g/mol. The number of hydrogen-bond acceptors (Lipinski definition) is 7. The van der Waals surface area contributed by atoms with E-state index in [9.17, 15) is 13.2 Å². The predicted octanol–water partition coefficient (Wildman–Crippen LogP) is 1.22. The molecule has 0 aromatic carbocycles. The van der Waals surface area contributed by atoms with Gasteiger partial charge in [-0.15, -0.1) is 11.3 Å². The molecule has 0 saturated carbocycles. The van der Waals surface area contributed by atoms with E-state index in [0.717, 1.165) is 11.3 Å². The highest BCUT2D eigenvalue weighted by molar-refractivity contribution is 7.89. The minimum atomic E-state index is -3.65. The Morgan fingerprint density at radius 2 is 2.23 bits per heavy atom. The molecule has 120 valence electrons. The third-order valence-electron chi connectivity index (χ3n) is 2.58. The van der Waals surface area contributed by atoms with Crippen molar-refractivity contribution in [2.45, 2.75) is 11.8 Å². The number of hydrogen-bond donors (Lipinski definition) is 2. The van der Waals surface area contributed by atoms with E-state index in [0.29, 0.717) is 5.76 Å². The van der Waals surface area contributed by atoms with Crippen molar-refractivity contribution in [3.8, 4) is 0 Å². The van der Waals surface area contributed by atoms with E-state index in [4.69, 9.17) is 9.26 Å². The number of sulfonamides is 1. The van der Waals surface area contributed by atoms with Crippen LogP contribution in [0.3, 0.4) is 0 Å². The van der Waals surface area contributed by atoms with Crippen LogP contribution in [-0.2, 0) is 14.8 Å². The van der Waals surface area contributed by atoms with Crippen LogP contribution in [0.5, 0.6) is 0 Å². The molecule has 0 aliphatic heterocycles. The molecule has 0 spiro atoms. The Kier molecular flexibility index (Phi) is 5.29. The molecule has 10 heteroatoms. The summed E-state index contributed by atoms with van der Waals surface area (Å²) in [5, 5.41) is 7.57. The second-order valence-electron chi connectivity index (χ2n) is 4.31. The Balaban J connectivity index is 2.05. The van der Waals surface area contributed by atoms with Gasteiger partial charge in [0, 0.05) is 25.1 Å². The number of carbonyl (C=O) groups is 1. The van der Waals surface area contributed by atoms with Crippen molar-refractivity contribution in [3.63, 3.8) is 0 Å². The maximum atomic E-state index is 12.0. The number of nitrogens with one attached hydrogen (secondary N) is 2. The zero-order valence-corrected chi connectivity index (χ0v) is 13.6. The number of methoxy groups -OCH3 is 1. The van der Waals surface area contributed by atoms with E-state index < -0.39 is 15.9 Å². The van der Waals surface area contributed by atoms with E-state index in [-0.39, 0.29) is 28.7 Å². The molecular formula is C12H15N3O5S2. The van der Waals surface area contributed by atoms with Crippen LogP contribution >= 0.6 is 11.3 Å². The summed E-state index contributed by atoms with van der Waals surface area (Å²) in [6.45, 7) is 2.13. The molecule has 0 bridgehead atoms. The number of rotatable bonds is 7. The van der Waals surface area contributed by atoms with Crippen LogP contribution in [0.15, 0.2) is 26.9 Å². The number of ether oxygens (including phenoxy) is 1. The Labute approximate surface area is 131 Å². The second-order valence-corrected chi connectivity index (χ2v) is 6.99. The lowest BCUT2D eigenvalue weighted by atomic mass is 10.4. The van der Waals surface area contributed by atoms with Crippen molar-refractivity contribution in [1.82, 2.24) is 9.88 Å². The zero-order chi connectivity index (χ0) is 16.2. The van der Waals surface area contributed by atoms with Crippen LogP contribution < -0.4 is 10.0 Å². The first kappa shape index (κ1) is 16.6. The van der Waals surface area contributed by atoms with Gasteiger partial charge in [0.15, 0.2) is 5.82 Å². The number of thiophene rings is 1. The molecule has 2 heterocycles. The molecule has 1 amide bonds. The number of nitrogens with zero attached hydrogens (tertiary/aromatic N) is 1. The molecule has 0 unspecified atom stereocenters. The molecule has 0 saturated heterocycles. The predicted molar refractivity (Wildman–Crippen MR) is 80.6 cm³/mol. The first-order chi connectivity index (χ1) is 10.4. The Morgan fingerprint density at radius 1 is 1.45 bits per heavy atom. The molecule has 0 aliphatic carbocycles. The lowest BCUT2D eigenvalue weighted by molar-refractivity contribution is 0.102. The van der Waals surface area contributed by atoms with Gasteiger partial charge in [0.25, 0.3) is 5.91 Å². The van der Waals surface area contributed by atoms with Crippen molar-refractivity contribution >= 4 is 33.1 Å². The van der Waals surface area contributed by atoms with E-state index in [1.165, 1.54) is 18.6 Å². The van der Waals surface area contributed by atoms with Crippen molar-refractivity contribution in [3.05, 3.63) is 28.2 Å². The van der Waals surface area contributed by atoms with Gasteiger partial charge < -0.3 is 14.6 Å². The SMILES string of the molecule is COCCNS(=O)(=O)c1csc(C(=O)Nc2cc(C)on2)c1. The largest absolute Gasteiger partial charge is 0.383 e. The maximum Gasteiger partial charge on any atom is 0.267 e. The molecule has 2 rings (SSSR count). The summed E-state index contributed by atoms with van der Waals surface area (Å²) in [4.78, 5) is 12.3. The molecule has 2 aromatic heterocycles. The van der Waals surface area contributed by atoms with Crippen LogP contribution in [0.25, 0.3) is 0 Å². The van der Waals surface area contributed by atoms with Crippen LogP contribution in [0.1, 0.15) is 15.4 Å². The fraction of sp³-hybridized carbons (Fsp3) is 0.333. The fourth-order valence-electron chi connectivity index (χ4n) is 1.54. The second kappa shape index (κ2) is 7.01. The van der Waals surface area contributed by atoms with Gasteiger partial charge >= 0.3 is 0 Å². The van der Waals surface area contributed by atoms with Gasteiger partial charge in [-0.25, -0.2) is 13.1 Å². The molecule has 8 nitrogen and oxygen atoms in total. The lowest BCUT2D eigenvalue weighted by Crippen LogP contribution is -2.26. The fourth-order valence-corrected chi connectivity index (χ4v) is 3.73. The number of amides is 1. The van der Waals surface area contributed by atoms with Crippen LogP contribution in [0.2, 0.25) is 0 Å². The summed E-state index contributed by atoms with van der Waals surface area (Å²) in [6, 6.07) is 2.87. The third-order valence-corrected chi connectivity index (χ3v) is 5.10. The summed E-state index contributed by atoms with van der Waals surface area (Å²) in [7, 11) is -2.17. The Bertz CT molecular complexity index is 750. The van der Waals surface area contributed by atoms with Gasteiger partial charge in [-0.05, 0) is 13.0 Å². The van der Waals surface area contributed by atoms with Crippen molar-refractivity contribution < 1.29 is 22.5 Å². The highest BCUT2D eigenvalue weighted by atomic mass is 32.2. The van der Waals surface area contributed by atoms with Crippen molar-refractivity contribution in [2.75, 3.05) is 25.6 Å². The van der Waals surface area contributed by atoms with Gasteiger partial charge in [-0.3, -0.25) is 4.79 Å². The third kappa shape index (κ3) is 4.13. The zero-order valence-electron chi connectivity index (χ0n) is 12.0. The quantitative estimate of drug-likeness (QED) is 0.730. The van der Waals surface area contributed by atoms with Crippen molar-refractivity contribution in [2.24, 2.45) is 0 Å². The lowest BCUT2D eigenvalue weighted by Gasteiger charge is -2.03. The standard InChI is InChI=1S/C12H15N3O5S2/c1-8-5-11(15-20-8)14-12(16)10-6-9(7-21-10)22(17,18)13-3-4-19-2/h5-7,13H,3-4H2,1-2H3,(H,14,15,16). The molecule has 0 radical (unpaired) electrons. The number of aromatic nitrogens is 1. The first-order valence-corrected chi connectivity index (χ1v) is 8.60. The molecule has 0 fully saturated rings. The number of carbonyl (C=O) groups excluding carboxylic acids is 1. The average Bonchev–Trinajstić information content (AvgIpc) is 3.08. The number of anilines is 1. The van der Waals surface area contributed by atoms with Crippen LogP contribution in [0.4, 0.5) is 5.82 Å². The van der Waals surface area contributed by atoms with E-state index in [1.807, 2.05) is 0 Å². The van der Waals surface area contributed by atoms with Gasteiger partial charge in [0.1, 0.15) is 5.76 Å². The van der Waals surface area contributed by atoms with Crippen LogP contribution in [0, 0.1) is 6.92 Å². The minimum absolute atomic E-state index is 0.0371. The summed E-state index contributed by atoms with van der Waals surface area (Å²) >= 11 is 1.03. The van der Waals surface area contributed by atoms with Crippen LogP contribution in [-0.4, -0.2) is 39.7 Å². The van der Waals surface area contributed by atoms with E-state index in [1.54, 1.807) is 13.0 Å². The monoisotopic (exact) mass is 345 g/mol. The van der Waals surface area contributed by atoms with Gasteiger partial charge in [-0.2, -0.15) is 0 Å². The summed E-state index contributed by atoms with van der Waals surface area (Å²) in [5.74, 6) is 0.391. The van der Waals surface area contributed by atoms with Crippen molar-refractivity contribution in [1.29, 1.82) is 0 Å². The highest BCUT2D eigenvalue weighted by Gasteiger charge is 2.19. The normalized spacial score (nSPS) is 11.5. The molecule has 22 heavy (non-hydrogen) atoms. The van der Waals surface area contributed by atoms with E-state index in [2.05, 4.69) is 15.2 Å². The highest BCUT2D eigenvalue weighted by Crippen LogP contribution is 2.20.